The molecular formula is C10H15IO6. The number of hydrogen-bond acceptors (Lipinski definition) is 6. The van der Waals surface area contributed by atoms with E-state index in [2.05, 4.69) is 22.6 Å². The summed E-state index contributed by atoms with van der Waals surface area (Å²) < 4.78 is 21.8. The Kier molecular flexibility index (Phi) is 3.41. The Balaban J connectivity index is 2.34. The van der Waals surface area contributed by atoms with Gasteiger partial charge >= 0.3 is 11.8 Å². The molecule has 0 saturated carbocycles. The highest BCUT2D eigenvalue weighted by molar-refractivity contribution is 14.1. The summed E-state index contributed by atoms with van der Waals surface area (Å²) in [6.45, 7) is 3.32. The first-order valence-corrected chi connectivity index (χ1v) is 6.77. The maximum Gasteiger partial charge on any atom is 0.369 e. The molecule has 2 aliphatic heterocycles. The average Bonchev–Trinajstić information content (AvgIpc) is 2.68. The molecule has 0 unspecified atom stereocenters. The Morgan fingerprint density at radius 2 is 2.12 bits per heavy atom. The number of methoxy groups -OCH3 is 1. The molecule has 0 radical (unpaired) electrons. The summed E-state index contributed by atoms with van der Waals surface area (Å²) in [7, 11) is 1.25. The molecule has 0 amide bonds. The van der Waals surface area contributed by atoms with Gasteiger partial charge in [0.15, 0.2) is 11.9 Å². The maximum absolute atomic E-state index is 11.8. The van der Waals surface area contributed by atoms with Crippen LogP contribution < -0.4 is 0 Å². The van der Waals surface area contributed by atoms with E-state index in [0.29, 0.717) is 4.43 Å². The number of carbonyl (C=O) groups is 1. The molecule has 98 valence electrons. The van der Waals surface area contributed by atoms with Gasteiger partial charge in [-0.05, 0) is 13.8 Å². The van der Waals surface area contributed by atoms with Crippen molar-refractivity contribution in [2.75, 3.05) is 11.5 Å². The van der Waals surface area contributed by atoms with Crippen LogP contribution in [0.4, 0.5) is 0 Å². The topological polar surface area (TPSA) is 74.2 Å². The van der Waals surface area contributed by atoms with Crippen LogP contribution in [0.15, 0.2) is 0 Å². The lowest BCUT2D eigenvalue weighted by atomic mass is 10.1. The predicted molar refractivity (Wildman–Crippen MR) is 64.6 cm³/mol. The fourth-order valence-corrected chi connectivity index (χ4v) is 2.88. The van der Waals surface area contributed by atoms with Crippen molar-refractivity contribution >= 4 is 28.6 Å². The van der Waals surface area contributed by atoms with Crippen LogP contribution in [-0.2, 0) is 23.7 Å². The molecule has 0 aliphatic carbocycles. The van der Waals surface area contributed by atoms with Crippen molar-refractivity contribution in [3.8, 4) is 0 Å². The van der Waals surface area contributed by atoms with Gasteiger partial charge in [0.25, 0.3) is 0 Å². The molecule has 4 atom stereocenters. The van der Waals surface area contributed by atoms with Crippen molar-refractivity contribution in [2.45, 2.75) is 43.7 Å². The third-order valence-electron chi connectivity index (χ3n) is 2.82. The molecule has 2 heterocycles. The molecule has 2 aliphatic rings. The van der Waals surface area contributed by atoms with E-state index >= 15 is 0 Å². The zero-order valence-corrected chi connectivity index (χ0v) is 12.0. The minimum Gasteiger partial charge on any atom is -0.465 e. The fraction of sp³-hybridized carbons (Fsp3) is 0.900. The number of halogens is 1. The van der Waals surface area contributed by atoms with Gasteiger partial charge in [0.1, 0.15) is 6.10 Å². The molecule has 17 heavy (non-hydrogen) atoms. The van der Waals surface area contributed by atoms with Crippen molar-refractivity contribution < 1.29 is 28.8 Å². The van der Waals surface area contributed by atoms with Crippen LogP contribution in [0.2, 0.25) is 0 Å². The van der Waals surface area contributed by atoms with Crippen LogP contribution in [0, 0.1) is 0 Å². The molecule has 1 N–H and O–H groups in total. The van der Waals surface area contributed by atoms with Gasteiger partial charge in [-0.3, -0.25) is 0 Å². The molecule has 0 aromatic carbocycles. The Morgan fingerprint density at radius 1 is 1.47 bits per heavy atom. The Hall–Kier alpha value is 0.0400. The highest BCUT2D eigenvalue weighted by Gasteiger charge is 2.69. The highest BCUT2D eigenvalue weighted by Crippen LogP contribution is 2.46. The number of alkyl halides is 1. The Labute approximate surface area is 113 Å². The number of esters is 1. The lowest BCUT2D eigenvalue weighted by Crippen LogP contribution is -2.48. The fourth-order valence-electron chi connectivity index (χ4n) is 2.18. The second-order valence-electron chi connectivity index (χ2n) is 4.50. The number of fused-ring (bicyclic) bond motifs is 1. The standard InChI is InChI=1S/C10H15IO6/c1-9(2)16-7-6(12)5(4-11)15-10(7,17-9)8(13)14-3/h5-7,12H,4H2,1-3H3/t5-,6+,7-,10+/m0/s1. The van der Waals surface area contributed by atoms with Gasteiger partial charge in [-0.15, -0.1) is 0 Å². The second kappa shape index (κ2) is 4.30. The van der Waals surface area contributed by atoms with Crippen LogP contribution >= 0.6 is 22.6 Å². The first kappa shape index (κ1) is 13.5. The van der Waals surface area contributed by atoms with Crippen LogP contribution in [0.3, 0.4) is 0 Å². The van der Waals surface area contributed by atoms with E-state index in [9.17, 15) is 9.90 Å². The molecule has 2 fully saturated rings. The van der Waals surface area contributed by atoms with Crippen molar-refractivity contribution in [2.24, 2.45) is 0 Å². The van der Waals surface area contributed by atoms with Crippen LogP contribution in [0.1, 0.15) is 13.8 Å². The van der Waals surface area contributed by atoms with E-state index in [1.54, 1.807) is 13.8 Å². The molecule has 2 rings (SSSR count). The molecule has 7 heteroatoms. The van der Waals surface area contributed by atoms with Crippen molar-refractivity contribution in [1.82, 2.24) is 0 Å². The molecule has 0 bridgehead atoms. The smallest absolute Gasteiger partial charge is 0.369 e. The van der Waals surface area contributed by atoms with E-state index in [0.717, 1.165) is 0 Å². The van der Waals surface area contributed by atoms with Gasteiger partial charge in [0, 0.05) is 4.43 Å². The van der Waals surface area contributed by atoms with Crippen LogP contribution in [-0.4, -0.2) is 52.5 Å². The monoisotopic (exact) mass is 358 g/mol. The van der Waals surface area contributed by atoms with Gasteiger partial charge in [-0.1, -0.05) is 22.6 Å². The first-order chi connectivity index (χ1) is 7.86. The van der Waals surface area contributed by atoms with Crippen molar-refractivity contribution in [1.29, 1.82) is 0 Å². The van der Waals surface area contributed by atoms with Crippen molar-refractivity contribution in [3.63, 3.8) is 0 Å². The lowest BCUT2D eigenvalue weighted by molar-refractivity contribution is -0.262. The third kappa shape index (κ3) is 1.97. The average molecular weight is 358 g/mol. The van der Waals surface area contributed by atoms with E-state index in [4.69, 9.17) is 18.9 Å². The normalized spacial score (nSPS) is 43.5. The van der Waals surface area contributed by atoms with Gasteiger partial charge in [0.2, 0.25) is 0 Å². The van der Waals surface area contributed by atoms with Gasteiger partial charge in [-0.2, -0.15) is 0 Å². The molecular weight excluding hydrogens is 343 g/mol. The zero-order chi connectivity index (χ0) is 12.8. The summed E-state index contributed by atoms with van der Waals surface area (Å²) in [5.74, 6) is -3.32. The second-order valence-corrected chi connectivity index (χ2v) is 5.38. The number of ether oxygens (including phenoxy) is 4. The summed E-state index contributed by atoms with van der Waals surface area (Å²) in [6, 6.07) is 0. The largest absolute Gasteiger partial charge is 0.465 e. The molecule has 0 aromatic rings. The SMILES string of the molecule is COC(=O)[C@@]12O[C@@H](CI)[C@@H](O)[C@@H]1OC(C)(C)O2. The van der Waals surface area contributed by atoms with Gasteiger partial charge in [-0.25, -0.2) is 4.79 Å². The third-order valence-corrected chi connectivity index (χ3v) is 3.69. The highest BCUT2D eigenvalue weighted by atomic mass is 127. The Bertz CT molecular complexity index is 333. The molecule has 6 nitrogen and oxygen atoms in total. The summed E-state index contributed by atoms with van der Waals surface area (Å²) >= 11 is 2.07. The molecule has 0 aromatic heterocycles. The molecule has 2 saturated heterocycles. The first-order valence-electron chi connectivity index (χ1n) is 5.24. The minimum atomic E-state index is -1.65. The summed E-state index contributed by atoms with van der Waals surface area (Å²) in [4.78, 5) is 11.8. The van der Waals surface area contributed by atoms with Gasteiger partial charge in [0.05, 0.1) is 13.2 Å². The summed E-state index contributed by atoms with van der Waals surface area (Å²) in [5, 5.41) is 10.1. The number of rotatable bonds is 2. The number of carbonyl (C=O) groups excluding carboxylic acids is 1. The van der Waals surface area contributed by atoms with E-state index in [-0.39, 0.29) is 0 Å². The summed E-state index contributed by atoms with van der Waals surface area (Å²) in [5.41, 5.74) is 0. The molecule has 0 spiro atoms. The summed E-state index contributed by atoms with van der Waals surface area (Å²) in [6.07, 6.45) is -2.27. The van der Waals surface area contributed by atoms with Crippen molar-refractivity contribution in [3.05, 3.63) is 0 Å². The van der Waals surface area contributed by atoms with E-state index in [1.807, 2.05) is 0 Å². The predicted octanol–water partition coefficient (Wildman–Crippen LogP) is 0.202. The maximum atomic E-state index is 11.8. The number of aliphatic hydroxyl groups is 1. The van der Waals surface area contributed by atoms with Crippen LogP contribution in [0.25, 0.3) is 0 Å². The Morgan fingerprint density at radius 3 is 2.65 bits per heavy atom. The lowest BCUT2D eigenvalue weighted by Gasteiger charge is -2.25. The number of aliphatic hydroxyl groups excluding tert-OH is 1. The van der Waals surface area contributed by atoms with E-state index < -0.39 is 35.9 Å². The quantitative estimate of drug-likeness (QED) is 0.432. The van der Waals surface area contributed by atoms with Gasteiger partial charge < -0.3 is 24.1 Å². The zero-order valence-electron chi connectivity index (χ0n) is 9.81. The minimum absolute atomic E-state index is 0.504. The number of hydrogen-bond donors (Lipinski definition) is 1. The van der Waals surface area contributed by atoms with Crippen LogP contribution in [0.5, 0.6) is 0 Å². The van der Waals surface area contributed by atoms with E-state index in [1.165, 1.54) is 7.11 Å².